The molecule has 9 aromatic rings. The normalized spacial score (nSPS) is 13.8. The van der Waals surface area contributed by atoms with Crippen LogP contribution >= 0.6 is 47.0 Å². The summed E-state index contributed by atoms with van der Waals surface area (Å²) in [5.74, 6) is 0. The van der Waals surface area contributed by atoms with E-state index in [0.717, 1.165) is 37.3 Å². The summed E-state index contributed by atoms with van der Waals surface area (Å²) in [6.07, 6.45) is 4.64. The van der Waals surface area contributed by atoms with Gasteiger partial charge in [-0.2, -0.15) is 0 Å². The molecule has 0 radical (unpaired) electrons. The Kier molecular flexibility index (Phi) is 13.3. The maximum Gasteiger partial charge on any atom is 0.0607 e. The molecule has 0 fully saturated rings. The largest absolute Gasteiger partial charge is 0.340 e. The molecule has 4 aliphatic rings. The van der Waals surface area contributed by atoms with E-state index in [4.69, 9.17) is 0 Å². The number of para-hydroxylation sites is 4. The second-order valence-corrected chi connectivity index (χ2v) is 25.9. The van der Waals surface area contributed by atoms with Crippen molar-refractivity contribution in [3.05, 3.63) is 190 Å². The van der Waals surface area contributed by atoms with Gasteiger partial charge in [0.2, 0.25) is 0 Å². The summed E-state index contributed by atoms with van der Waals surface area (Å²) in [7, 11) is 0. The summed E-state index contributed by atoms with van der Waals surface area (Å²) in [6.45, 7) is 25.4. The molecule has 9 aromatic carbocycles. The van der Waals surface area contributed by atoms with Crippen molar-refractivity contribution in [3.63, 3.8) is 0 Å². The van der Waals surface area contributed by atoms with Gasteiger partial charge in [0.05, 0.1) is 45.5 Å². The molecule has 0 N–H and O–H groups in total. The van der Waals surface area contributed by atoms with Crippen LogP contribution in [0, 0.1) is 55.4 Å². The van der Waals surface area contributed by atoms with Crippen molar-refractivity contribution in [2.24, 2.45) is 0 Å². The summed E-state index contributed by atoms with van der Waals surface area (Å²) in [5, 5.41) is 0. The summed E-state index contributed by atoms with van der Waals surface area (Å²) < 4.78 is 0. The zero-order valence-corrected chi connectivity index (χ0v) is 49.8. The van der Waals surface area contributed by atoms with Gasteiger partial charge in [0.15, 0.2) is 0 Å². The van der Waals surface area contributed by atoms with Crippen LogP contribution in [0.4, 0.5) is 56.9 Å². The number of nitrogens with zero attached hydrogens (tertiary/aromatic N) is 4. The third-order valence-corrected chi connectivity index (χ3v) is 21.7. The van der Waals surface area contributed by atoms with Crippen molar-refractivity contribution < 1.29 is 0 Å². The van der Waals surface area contributed by atoms with E-state index in [1.807, 2.05) is 47.0 Å². The highest BCUT2D eigenvalue weighted by molar-refractivity contribution is 8.00. The molecule has 0 unspecified atom stereocenters. The Morgan fingerprint density at radius 1 is 0.308 bits per heavy atom. The summed E-state index contributed by atoms with van der Waals surface area (Å²) in [4.78, 5) is 20.8. The Balaban J connectivity index is 0.888. The Bertz CT molecular complexity index is 3660. The molecule has 390 valence electrons. The minimum atomic E-state index is 1.02. The van der Waals surface area contributed by atoms with E-state index in [1.54, 1.807) is 0 Å². The molecule has 0 atom stereocenters. The SMILES string of the molecule is CCCCN1c2ccccc2Sc2c1cc(C)c(-c1c(C)cc3c(c1C)Sc1ccccc1N3c1ccc(N3c4ccccc4Sc4c3cc(C)c(-c3c(C)cc5c(c3C)Sc3ccccc3N5CCCC)c4C)cc1)c2C. The van der Waals surface area contributed by atoms with Gasteiger partial charge in [0.25, 0.3) is 0 Å². The molecule has 78 heavy (non-hydrogen) atoms. The summed E-state index contributed by atoms with van der Waals surface area (Å²) in [5.41, 5.74) is 28.7. The molecule has 0 saturated heterocycles. The van der Waals surface area contributed by atoms with Crippen LogP contribution in [-0.4, -0.2) is 13.1 Å². The van der Waals surface area contributed by atoms with Gasteiger partial charge in [-0.3, -0.25) is 0 Å². The molecule has 4 aliphatic heterocycles. The zero-order valence-electron chi connectivity index (χ0n) is 46.5. The first-order chi connectivity index (χ1) is 37.9. The molecule has 0 aliphatic carbocycles. The average Bonchev–Trinajstić information content (AvgIpc) is 3.64. The highest BCUT2D eigenvalue weighted by Crippen LogP contribution is 2.60. The van der Waals surface area contributed by atoms with Crippen molar-refractivity contribution in [2.45, 2.75) is 134 Å². The molecule has 4 heterocycles. The predicted molar refractivity (Wildman–Crippen MR) is 338 cm³/mol. The van der Waals surface area contributed by atoms with Crippen LogP contribution in [-0.2, 0) is 0 Å². The fraction of sp³-hybridized carbons (Fsp3) is 0.229. The lowest BCUT2D eigenvalue weighted by Crippen LogP contribution is -2.22. The van der Waals surface area contributed by atoms with Crippen molar-refractivity contribution >= 4 is 104 Å². The number of aryl methyl sites for hydroxylation is 4. The molecular formula is C70H66N4S4. The standard InChI is InChI=1S/C70H66N4S4/c1-11-13-35-71-51-23-15-19-27-59(51)75-67-45(7)63(41(3)37-55(67)71)65-43(5)39-57-69(47(65)9)77-61-29-21-17-25-53(61)73(57)49-31-33-50(34-32-49)74-54-26-18-22-30-62(54)78-70-48(10)66(44(6)40-58(70)74)64-42(4)38-56-68(46(64)8)76-60-28-20-16-24-52(60)72(56)36-14-12-2/h15-34,37-40H,11-14,35-36H2,1-10H3. The summed E-state index contributed by atoms with van der Waals surface area (Å²) >= 11 is 7.72. The molecule has 4 nitrogen and oxygen atoms in total. The minimum Gasteiger partial charge on any atom is -0.340 e. The Morgan fingerprint density at radius 2 is 0.577 bits per heavy atom. The first kappa shape index (κ1) is 51.0. The average molecular weight is 1090 g/mol. The van der Waals surface area contributed by atoms with Crippen LogP contribution in [0.25, 0.3) is 22.3 Å². The minimum absolute atomic E-state index is 1.02. The van der Waals surface area contributed by atoms with E-state index in [0.29, 0.717) is 0 Å². The molecule has 13 rings (SSSR count). The molecule has 0 spiro atoms. The molecule has 0 aromatic heterocycles. The summed E-state index contributed by atoms with van der Waals surface area (Å²) in [6, 6.07) is 55.1. The highest BCUT2D eigenvalue weighted by atomic mass is 32.2. The number of fused-ring (bicyclic) bond motifs is 8. The number of anilines is 10. The van der Waals surface area contributed by atoms with Crippen molar-refractivity contribution in [1.82, 2.24) is 0 Å². The van der Waals surface area contributed by atoms with Gasteiger partial charge in [0.1, 0.15) is 0 Å². The third-order valence-electron chi connectivity index (χ3n) is 16.6. The van der Waals surface area contributed by atoms with Gasteiger partial charge >= 0.3 is 0 Å². The lowest BCUT2D eigenvalue weighted by molar-refractivity contribution is 0.776. The molecule has 8 heteroatoms. The van der Waals surface area contributed by atoms with E-state index in [-0.39, 0.29) is 0 Å². The number of unbranched alkanes of at least 4 members (excludes halogenated alkanes) is 2. The quantitative estimate of drug-likeness (QED) is 0.133. The van der Waals surface area contributed by atoms with Gasteiger partial charge in [-0.25, -0.2) is 0 Å². The van der Waals surface area contributed by atoms with Gasteiger partial charge in [-0.1, -0.05) is 122 Å². The first-order valence-electron chi connectivity index (χ1n) is 27.9. The van der Waals surface area contributed by atoms with Crippen molar-refractivity contribution in [2.75, 3.05) is 32.7 Å². The van der Waals surface area contributed by atoms with Crippen LogP contribution < -0.4 is 19.6 Å². The smallest absolute Gasteiger partial charge is 0.0607 e. The molecular weight excluding hydrogens is 1030 g/mol. The van der Waals surface area contributed by atoms with Crippen molar-refractivity contribution in [1.29, 1.82) is 0 Å². The lowest BCUT2D eigenvalue weighted by Gasteiger charge is -2.37. The first-order valence-corrected chi connectivity index (χ1v) is 31.1. The number of hydrogen-bond donors (Lipinski definition) is 0. The third kappa shape index (κ3) is 8.22. The van der Waals surface area contributed by atoms with Crippen LogP contribution in [0.2, 0.25) is 0 Å². The fourth-order valence-corrected chi connectivity index (χ4v) is 17.6. The maximum absolute atomic E-state index is 2.58. The van der Waals surface area contributed by atoms with E-state index < -0.39 is 0 Å². The second kappa shape index (κ2) is 20.4. The number of benzene rings is 9. The van der Waals surface area contributed by atoms with Gasteiger partial charge in [-0.15, -0.1) is 0 Å². The topological polar surface area (TPSA) is 13.0 Å². The van der Waals surface area contributed by atoms with E-state index >= 15 is 0 Å². The number of rotatable bonds is 10. The Morgan fingerprint density at radius 3 is 0.897 bits per heavy atom. The molecule has 0 bridgehead atoms. The monoisotopic (exact) mass is 1090 g/mol. The van der Waals surface area contributed by atoms with Crippen LogP contribution in [0.3, 0.4) is 0 Å². The van der Waals surface area contributed by atoms with Crippen molar-refractivity contribution in [3.8, 4) is 22.3 Å². The van der Waals surface area contributed by atoms with Gasteiger partial charge < -0.3 is 19.6 Å². The Hall–Kier alpha value is -6.42. The maximum atomic E-state index is 2.58. The Labute approximate surface area is 479 Å². The van der Waals surface area contributed by atoms with Crippen LogP contribution in [0.1, 0.15) is 84.0 Å². The van der Waals surface area contributed by atoms with E-state index in [1.165, 1.54) is 164 Å². The predicted octanol–water partition coefficient (Wildman–Crippen LogP) is 22.2. The second-order valence-electron chi connectivity index (χ2n) is 21.6. The zero-order chi connectivity index (χ0) is 53.7. The van der Waals surface area contributed by atoms with Crippen LogP contribution in [0.5, 0.6) is 0 Å². The van der Waals surface area contributed by atoms with Gasteiger partial charge in [0, 0.05) is 63.6 Å². The lowest BCUT2D eigenvalue weighted by atomic mass is 9.88. The molecule has 0 amide bonds. The fourth-order valence-electron chi connectivity index (χ4n) is 12.9. The number of hydrogen-bond acceptors (Lipinski definition) is 8. The highest BCUT2D eigenvalue weighted by Gasteiger charge is 2.35. The molecule has 0 saturated carbocycles. The van der Waals surface area contributed by atoms with Crippen LogP contribution in [0.15, 0.2) is 185 Å². The van der Waals surface area contributed by atoms with E-state index in [2.05, 4.69) is 234 Å². The van der Waals surface area contributed by atoms with E-state index in [9.17, 15) is 0 Å². The van der Waals surface area contributed by atoms with Gasteiger partial charge in [-0.05, 0) is 232 Å².